The first-order valence-electron chi connectivity index (χ1n) is 8.69. The van der Waals surface area contributed by atoms with E-state index in [1.54, 1.807) is 0 Å². The molecule has 2 aliphatic rings. The Morgan fingerprint density at radius 1 is 1.28 bits per heavy atom. The van der Waals surface area contributed by atoms with Gasteiger partial charge >= 0.3 is 0 Å². The number of rotatable bonds is 6. The molecule has 2 fully saturated rings. The molecule has 2 N–H and O–H groups in total. The summed E-state index contributed by atoms with van der Waals surface area (Å²) in [4.78, 5) is 14.6. The molecule has 1 amide bonds. The average Bonchev–Trinajstić information content (AvgIpc) is 3.08. The molecule has 2 heterocycles. The van der Waals surface area contributed by atoms with E-state index in [-0.39, 0.29) is 30.7 Å². The van der Waals surface area contributed by atoms with Crippen molar-refractivity contribution in [2.75, 3.05) is 43.0 Å². The van der Waals surface area contributed by atoms with Crippen LogP contribution in [0.2, 0.25) is 0 Å². The minimum Gasteiger partial charge on any atom is -0.326 e. The number of nitrogens with zero attached hydrogens (tertiary/aromatic N) is 1. The van der Waals surface area contributed by atoms with E-state index >= 15 is 0 Å². The number of carbonyl (C=O) groups is 1. The number of benzene rings is 1. The second-order valence-corrected chi connectivity index (χ2v) is 7.76. The maximum atomic E-state index is 12.1. The largest absolute Gasteiger partial charge is 0.326 e. The molecule has 3 rings (SSSR count). The lowest BCUT2D eigenvalue weighted by molar-refractivity contribution is -0.116. The summed E-state index contributed by atoms with van der Waals surface area (Å²) < 4.78 is 0. The van der Waals surface area contributed by atoms with E-state index in [2.05, 4.69) is 27.7 Å². The van der Waals surface area contributed by atoms with Crippen molar-refractivity contribution in [2.45, 2.75) is 25.8 Å². The Kier molecular flexibility index (Phi) is 10.9. The lowest BCUT2D eigenvalue weighted by Crippen LogP contribution is -2.31. The summed E-state index contributed by atoms with van der Waals surface area (Å²) in [6.45, 7) is 5.48. The number of halogens is 2. The second-order valence-electron chi connectivity index (χ2n) is 6.53. The van der Waals surface area contributed by atoms with Gasteiger partial charge in [0.15, 0.2) is 0 Å². The van der Waals surface area contributed by atoms with E-state index in [0.29, 0.717) is 12.3 Å². The molecule has 7 heteroatoms. The zero-order chi connectivity index (χ0) is 15.9. The monoisotopic (exact) mass is 405 g/mol. The summed E-state index contributed by atoms with van der Waals surface area (Å²) in [6.07, 6.45) is 2.82. The van der Waals surface area contributed by atoms with Crippen LogP contribution in [0.3, 0.4) is 0 Å². The molecule has 0 aliphatic carbocycles. The number of hydrogen-bond donors (Lipinski definition) is 2. The first-order chi connectivity index (χ1) is 11.3. The highest BCUT2D eigenvalue weighted by atomic mass is 35.5. The number of nitrogens with one attached hydrogen (secondary N) is 2. The number of amides is 1. The average molecular weight is 406 g/mol. The SMILES string of the molecule is Cl.Cl.O=C(CCC1CCNC1)Nc1cccc(CN2CCSCC2)c1. The van der Waals surface area contributed by atoms with E-state index < -0.39 is 0 Å². The molecule has 25 heavy (non-hydrogen) atoms. The van der Waals surface area contributed by atoms with E-state index in [1.165, 1.54) is 23.5 Å². The van der Waals surface area contributed by atoms with Gasteiger partial charge < -0.3 is 10.6 Å². The van der Waals surface area contributed by atoms with E-state index in [0.717, 1.165) is 44.8 Å². The van der Waals surface area contributed by atoms with Crippen molar-refractivity contribution < 1.29 is 4.79 Å². The quantitative estimate of drug-likeness (QED) is 0.760. The molecule has 0 spiro atoms. The molecule has 1 unspecified atom stereocenters. The lowest BCUT2D eigenvalue weighted by atomic mass is 10.0. The Hall–Kier alpha value is -0.460. The Balaban J connectivity index is 0.00000156. The predicted molar refractivity (Wildman–Crippen MR) is 112 cm³/mol. The molecule has 142 valence electrons. The van der Waals surface area contributed by atoms with Gasteiger partial charge in [0.05, 0.1) is 0 Å². The zero-order valence-corrected chi connectivity index (χ0v) is 17.0. The fourth-order valence-electron chi connectivity index (χ4n) is 3.28. The molecule has 0 saturated carbocycles. The molecule has 4 nitrogen and oxygen atoms in total. The third-order valence-corrected chi connectivity index (χ3v) is 5.61. The standard InChI is InChI=1S/C18H27N3OS.2ClH/c22-18(5-4-15-6-7-19-13-15)20-17-3-1-2-16(12-17)14-21-8-10-23-11-9-21;;/h1-3,12,15,19H,4-11,13-14H2,(H,20,22);2*1H. The van der Waals surface area contributed by atoms with Crippen molar-refractivity contribution in [3.05, 3.63) is 29.8 Å². The molecule has 2 aliphatic heterocycles. The van der Waals surface area contributed by atoms with Gasteiger partial charge in [0.2, 0.25) is 5.91 Å². The van der Waals surface area contributed by atoms with Crippen molar-refractivity contribution in [1.82, 2.24) is 10.2 Å². The molecule has 0 radical (unpaired) electrons. The molecular formula is C18H29Cl2N3OS. The predicted octanol–water partition coefficient (Wildman–Crippen LogP) is 3.41. The number of hydrogen-bond acceptors (Lipinski definition) is 4. The summed E-state index contributed by atoms with van der Waals surface area (Å²) in [7, 11) is 0. The number of thioether (sulfide) groups is 1. The highest BCUT2D eigenvalue weighted by molar-refractivity contribution is 7.99. The highest BCUT2D eigenvalue weighted by Crippen LogP contribution is 2.18. The summed E-state index contributed by atoms with van der Waals surface area (Å²) >= 11 is 2.03. The third-order valence-electron chi connectivity index (χ3n) is 4.66. The van der Waals surface area contributed by atoms with Gasteiger partial charge in [-0.25, -0.2) is 0 Å². The molecule has 1 aromatic rings. The third kappa shape index (κ3) is 7.75. The van der Waals surface area contributed by atoms with Crippen molar-refractivity contribution >= 4 is 48.2 Å². The number of carbonyl (C=O) groups excluding carboxylic acids is 1. The summed E-state index contributed by atoms with van der Waals surface area (Å²) in [6, 6.07) is 8.31. The Morgan fingerprint density at radius 2 is 2.08 bits per heavy atom. The highest BCUT2D eigenvalue weighted by Gasteiger charge is 2.16. The Morgan fingerprint density at radius 3 is 2.80 bits per heavy atom. The van der Waals surface area contributed by atoms with Crippen LogP contribution in [0.25, 0.3) is 0 Å². The maximum absolute atomic E-state index is 12.1. The topological polar surface area (TPSA) is 44.4 Å². The fraction of sp³-hybridized carbons (Fsp3) is 0.611. The van der Waals surface area contributed by atoms with Gasteiger partial charge in [-0.2, -0.15) is 11.8 Å². The minimum atomic E-state index is 0. The van der Waals surface area contributed by atoms with Crippen LogP contribution in [-0.4, -0.2) is 48.5 Å². The summed E-state index contributed by atoms with van der Waals surface area (Å²) in [5.41, 5.74) is 2.22. The minimum absolute atomic E-state index is 0. The van der Waals surface area contributed by atoms with Crippen LogP contribution in [0.4, 0.5) is 5.69 Å². The van der Waals surface area contributed by atoms with E-state index in [4.69, 9.17) is 0 Å². The molecule has 0 bridgehead atoms. The smallest absolute Gasteiger partial charge is 0.224 e. The van der Waals surface area contributed by atoms with Crippen LogP contribution in [0.15, 0.2) is 24.3 Å². The molecule has 2 saturated heterocycles. The van der Waals surface area contributed by atoms with Gasteiger partial charge in [0, 0.05) is 43.2 Å². The first-order valence-corrected chi connectivity index (χ1v) is 9.85. The maximum Gasteiger partial charge on any atom is 0.224 e. The first kappa shape index (κ1) is 22.6. The molecule has 1 atom stereocenters. The van der Waals surface area contributed by atoms with Crippen molar-refractivity contribution in [3.63, 3.8) is 0 Å². The Bertz CT molecular complexity index is 521. The van der Waals surface area contributed by atoms with Crippen molar-refractivity contribution in [2.24, 2.45) is 5.92 Å². The van der Waals surface area contributed by atoms with E-state index in [1.807, 2.05) is 23.9 Å². The number of anilines is 1. The van der Waals surface area contributed by atoms with Crippen LogP contribution in [0, 0.1) is 5.92 Å². The van der Waals surface area contributed by atoms with E-state index in [9.17, 15) is 4.79 Å². The van der Waals surface area contributed by atoms with Gasteiger partial charge in [-0.15, -0.1) is 24.8 Å². The van der Waals surface area contributed by atoms with Crippen LogP contribution >= 0.6 is 36.6 Å². The summed E-state index contributed by atoms with van der Waals surface area (Å²) in [5.74, 6) is 3.27. The molecular weight excluding hydrogens is 377 g/mol. The van der Waals surface area contributed by atoms with Crippen LogP contribution in [0.5, 0.6) is 0 Å². The fourth-order valence-corrected chi connectivity index (χ4v) is 4.26. The van der Waals surface area contributed by atoms with Crippen LogP contribution in [0.1, 0.15) is 24.8 Å². The van der Waals surface area contributed by atoms with Crippen molar-refractivity contribution in [1.29, 1.82) is 0 Å². The molecule has 1 aromatic carbocycles. The van der Waals surface area contributed by atoms with Crippen LogP contribution in [-0.2, 0) is 11.3 Å². The summed E-state index contributed by atoms with van der Waals surface area (Å²) in [5, 5.41) is 6.42. The zero-order valence-electron chi connectivity index (χ0n) is 14.5. The lowest BCUT2D eigenvalue weighted by Gasteiger charge is -2.26. The van der Waals surface area contributed by atoms with Gasteiger partial charge in [-0.05, 0) is 49.5 Å². The molecule has 0 aromatic heterocycles. The normalized spacial score (nSPS) is 20.4. The van der Waals surface area contributed by atoms with Gasteiger partial charge in [-0.1, -0.05) is 12.1 Å². The Labute approximate surface area is 167 Å². The van der Waals surface area contributed by atoms with Gasteiger partial charge in [0.1, 0.15) is 0 Å². The van der Waals surface area contributed by atoms with Crippen molar-refractivity contribution in [3.8, 4) is 0 Å². The van der Waals surface area contributed by atoms with Crippen LogP contribution < -0.4 is 10.6 Å². The second kappa shape index (κ2) is 12.0. The van der Waals surface area contributed by atoms with Gasteiger partial charge in [-0.3, -0.25) is 9.69 Å². The van der Waals surface area contributed by atoms with Gasteiger partial charge in [0.25, 0.3) is 0 Å².